The van der Waals surface area contributed by atoms with Crippen LogP contribution in [0.5, 0.6) is 0 Å². The first kappa shape index (κ1) is 9.06. The van der Waals surface area contributed by atoms with Gasteiger partial charge in [-0.1, -0.05) is 6.08 Å². The van der Waals surface area contributed by atoms with Gasteiger partial charge in [0.25, 0.3) is 0 Å². The maximum absolute atomic E-state index is 11.6. The molecule has 0 radical (unpaired) electrons. The number of fused-ring (bicyclic) bond motifs is 2. The highest BCUT2D eigenvalue weighted by atomic mass is 16.5. The predicted molar refractivity (Wildman–Crippen MR) is 49.1 cm³/mol. The molecule has 0 bridgehead atoms. The number of hydrogen-bond acceptors (Lipinski definition) is 5. The highest BCUT2D eigenvalue weighted by Crippen LogP contribution is 2.27. The van der Waals surface area contributed by atoms with Crippen LogP contribution in [0.2, 0.25) is 0 Å². The fourth-order valence-corrected chi connectivity index (χ4v) is 2.32. The molecule has 0 aromatic rings. The van der Waals surface area contributed by atoms with Gasteiger partial charge in [0.05, 0.1) is 24.1 Å². The number of Topliss-reactive ketones (excluding diaryl/α,β-unsaturated/α-hetero) is 1. The predicted octanol–water partition coefficient (Wildman–Crippen LogP) is -0.974. The monoisotopic (exact) mass is 209 g/mol. The van der Waals surface area contributed by atoms with Gasteiger partial charge in [0.1, 0.15) is 13.2 Å². The van der Waals surface area contributed by atoms with Gasteiger partial charge in [-0.3, -0.25) is 4.79 Å². The zero-order valence-corrected chi connectivity index (χ0v) is 8.06. The Bertz CT molecular complexity index is 362. The summed E-state index contributed by atoms with van der Waals surface area (Å²) >= 11 is 0. The molecule has 3 rings (SSSR count). The van der Waals surface area contributed by atoms with E-state index in [0.717, 1.165) is 0 Å². The minimum Gasteiger partial charge on any atom is -0.460 e. The number of carbonyl (C=O) groups is 2. The normalized spacial score (nSPS) is 39.2. The molecule has 3 atom stereocenters. The van der Waals surface area contributed by atoms with E-state index in [0.29, 0.717) is 18.8 Å². The molecule has 0 amide bonds. The van der Waals surface area contributed by atoms with Crippen LogP contribution in [0.3, 0.4) is 0 Å². The molecule has 2 fully saturated rings. The minimum atomic E-state index is -0.301. The summed E-state index contributed by atoms with van der Waals surface area (Å²) in [6.07, 6.45) is 1.76. The first-order valence-corrected chi connectivity index (χ1v) is 5.01. The van der Waals surface area contributed by atoms with Crippen LogP contribution in [-0.2, 0) is 19.1 Å². The van der Waals surface area contributed by atoms with Crippen LogP contribution in [0, 0.1) is 5.92 Å². The first-order chi connectivity index (χ1) is 7.25. The van der Waals surface area contributed by atoms with E-state index in [2.05, 4.69) is 5.32 Å². The minimum absolute atomic E-state index is 0.00509. The summed E-state index contributed by atoms with van der Waals surface area (Å²) in [5.74, 6) is -0.495. The van der Waals surface area contributed by atoms with Crippen molar-refractivity contribution in [2.24, 2.45) is 5.92 Å². The Kier molecular flexibility index (Phi) is 1.90. The smallest absolute Gasteiger partial charge is 0.335 e. The van der Waals surface area contributed by atoms with E-state index in [1.807, 2.05) is 0 Å². The van der Waals surface area contributed by atoms with Gasteiger partial charge in [0.2, 0.25) is 0 Å². The van der Waals surface area contributed by atoms with Gasteiger partial charge in [-0.15, -0.1) is 0 Å². The maximum Gasteiger partial charge on any atom is 0.335 e. The zero-order chi connectivity index (χ0) is 10.4. The van der Waals surface area contributed by atoms with Gasteiger partial charge >= 0.3 is 5.97 Å². The third-order valence-electron chi connectivity index (χ3n) is 3.11. The van der Waals surface area contributed by atoms with E-state index in [9.17, 15) is 9.59 Å². The van der Waals surface area contributed by atoms with Gasteiger partial charge in [-0.05, 0) is 0 Å². The highest BCUT2D eigenvalue weighted by molar-refractivity contribution is 5.95. The molecule has 0 aromatic heterocycles. The highest BCUT2D eigenvalue weighted by Gasteiger charge is 2.42. The fourth-order valence-electron chi connectivity index (χ4n) is 2.32. The van der Waals surface area contributed by atoms with Crippen molar-refractivity contribution in [2.75, 3.05) is 19.8 Å². The molecule has 15 heavy (non-hydrogen) atoms. The van der Waals surface area contributed by atoms with Crippen molar-refractivity contribution < 1.29 is 19.1 Å². The van der Waals surface area contributed by atoms with Crippen LogP contribution in [0.15, 0.2) is 11.6 Å². The Morgan fingerprint density at radius 1 is 1.33 bits per heavy atom. The summed E-state index contributed by atoms with van der Waals surface area (Å²) in [5, 5.41) is 3.22. The maximum atomic E-state index is 11.6. The molecule has 3 aliphatic rings. The number of hydrogen-bond donors (Lipinski definition) is 1. The molecule has 0 saturated carbocycles. The quantitative estimate of drug-likeness (QED) is 0.520. The van der Waals surface area contributed by atoms with Crippen LogP contribution in [-0.4, -0.2) is 43.7 Å². The molecule has 2 saturated heterocycles. The largest absolute Gasteiger partial charge is 0.460 e. The summed E-state index contributed by atoms with van der Waals surface area (Å²) in [7, 11) is 0. The second-order valence-corrected chi connectivity index (χ2v) is 4.05. The van der Waals surface area contributed by atoms with E-state index in [1.165, 1.54) is 0 Å². The molecule has 0 spiro atoms. The van der Waals surface area contributed by atoms with Crippen molar-refractivity contribution >= 4 is 11.8 Å². The lowest BCUT2D eigenvalue weighted by Crippen LogP contribution is -2.55. The van der Waals surface area contributed by atoms with E-state index >= 15 is 0 Å². The second-order valence-electron chi connectivity index (χ2n) is 4.05. The summed E-state index contributed by atoms with van der Waals surface area (Å²) in [6, 6.07) is -0.0669. The second kappa shape index (κ2) is 3.15. The fraction of sp³-hybridized carbons (Fsp3) is 0.600. The molecule has 5 heteroatoms. The number of esters is 1. The van der Waals surface area contributed by atoms with Gasteiger partial charge in [0.15, 0.2) is 5.78 Å². The van der Waals surface area contributed by atoms with Crippen LogP contribution < -0.4 is 5.32 Å². The standard InChI is InChI=1S/C10H11NO4/c12-9-4-14-2-7-5(9)1-6-8(11-7)3-15-10(6)13/h1,5,7-8,11H,2-4H2. The van der Waals surface area contributed by atoms with Crippen LogP contribution in [0.4, 0.5) is 0 Å². The third kappa shape index (κ3) is 1.31. The SMILES string of the molecule is O=C1OCC2NC3COCC(=O)C3C=C12. The molecule has 3 aliphatic heterocycles. The van der Waals surface area contributed by atoms with E-state index < -0.39 is 0 Å². The summed E-state index contributed by atoms with van der Waals surface area (Å²) in [6.45, 7) is 1.03. The number of ether oxygens (including phenoxy) is 2. The Balaban J connectivity index is 1.95. The number of cyclic esters (lactones) is 1. The number of carbonyl (C=O) groups excluding carboxylic acids is 2. The van der Waals surface area contributed by atoms with Crippen LogP contribution in [0.25, 0.3) is 0 Å². The molecule has 5 nitrogen and oxygen atoms in total. The average molecular weight is 209 g/mol. The average Bonchev–Trinajstić information content (AvgIpc) is 2.59. The topological polar surface area (TPSA) is 64.6 Å². The molecule has 0 aliphatic carbocycles. The van der Waals surface area contributed by atoms with E-state index in [4.69, 9.17) is 9.47 Å². The van der Waals surface area contributed by atoms with Gasteiger partial charge < -0.3 is 14.8 Å². The van der Waals surface area contributed by atoms with E-state index in [1.54, 1.807) is 6.08 Å². The van der Waals surface area contributed by atoms with Crippen molar-refractivity contribution in [3.8, 4) is 0 Å². The summed E-state index contributed by atoms with van der Waals surface area (Å²) in [4.78, 5) is 22.9. The van der Waals surface area contributed by atoms with Crippen molar-refractivity contribution in [3.63, 3.8) is 0 Å². The number of nitrogens with one attached hydrogen (secondary N) is 1. The molecule has 80 valence electrons. The van der Waals surface area contributed by atoms with Gasteiger partial charge in [0, 0.05) is 6.04 Å². The molecule has 1 N–H and O–H groups in total. The first-order valence-electron chi connectivity index (χ1n) is 5.01. The zero-order valence-electron chi connectivity index (χ0n) is 8.06. The Morgan fingerprint density at radius 3 is 3.07 bits per heavy atom. The lowest BCUT2D eigenvalue weighted by atomic mass is 9.86. The summed E-state index contributed by atoms with van der Waals surface area (Å²) in [5.41, 5.74) is 0.603. The van der Waals surface area contributed by atoms with Crippen LogP contribution in [0.1, 0.15) is 0 Å². The lowest BCUT2D eigenvalue weighted by Gasteiger charge is -2.34. The third-order valence-corrected chi connectivity index (χ3v) is 3.11. The van der Waals surface area contributed by atoms with Crippen molar-refractivity contribution in [2.45, 2.75) is 12.1 Å². The number of ketones is 1. The van der Waals surface area contributed by atoms with Gasteiger partial charge in [-0.25, -0.2) is 4.79 Å². The number of rotatable bonds is 0. The molecule has 3 unspecified atom stereocenters. The van der Waals surface area contributed by atoms with Crippen molar-refractivity contribution in [3.05, 3.63) is 11.6 Å². The van der Waals surface area contributed by atoms with E-state index in [-0.39, 0.29) is 36.4 Å². The molecule has 0 aromatic carbocycles. The van der Waals surface area contributed by atoms with Crippen molar-refractivity contribution in [1.29, 1.82) is 0 Å². The Hall–Kier alpha value is -1.20. The Morgan fingerprint density at radius 2 is 2.20 bits per heavy atom. The Labute approximate surface area is 86.4 Å². The molecular formula is C10H11NO4. The van der Waals surface area contributed by atoms with Gasteiger partial charge in [-0.2, -0.15) is 0 Å². The van der Waals surface area contributed by atoms with Crippen LogP contribution >= 0.6 is 0 Å². The van der Waals surface area contributed by atoms with Crippen molar-refractivity contribution in [1.82, 2.24) is 5.32 Å². The summed E-state index contributed by atoms with van der Waals surface area (Å²) < 4.78 is 10.1. The molecule has 3 heterocycles. The lowest BCUT2D eigenvalue weighted by molar-refractivity contribution is -0.135. The molecular weight excluding hydrogens is 198 g/mol.